The summed E-state index contributed by atoms with van der Waals surface area (Å²) in [5.74, 6) is 1.07. The number of benzene rings is 2. The van der Waals surface area contributed by atoms with Gasteiger partial charge in [-0.25, -0.2) is 0 Å². The Morgan fingerprint density at radius 3 is 2.78 bits per heavy atom. The first-order chi connectivity index (χ1) is 13.0. The predicted molar refractivity (Wildman–Crippen MR) is 102 cm³/mol. The minimum atomic E-state index is -0.472. The van der Waals surface area contributed by atoms with Crippen LogP contribution in [-0.2, 0) is 4.79 Å². The second-order valence-corrected chi connectivity index (χ2v) is 6.12. The van der Waals surface area contributed by atoms with E-state index in [2.05, 4.69) is 5.32 Å². The molecule has 6 heteroatoms. The number of hydrogen-bond donors (Lipinski definition) is 1. The number of nitrogens with one attached hydrogen (secondary N) is 1. The van der Waals surface area contributed by atoms with Crippen molar-refractivity contribution in [2.75, 3.05) is 25.6 Å². The molecule has 2 aromatic rings. The number of ether oxygens (including phenoxy) is 3. The summed E-state index contributed by atoms with van der Waals surface area (Å²) in [6, 6.07) is 11.0. The Morgan fingerprint density at radius 1 is 1.26 bits per heavy atom. The number of nitrogens with zero attached hydrogens (tertiary/aromatic N) is 1. The lowest BCUT2D eigenvalue weighted by Gasteiger charge is -2.21. The number of amides is 1. The molecule has 0 radical (unpaired) electrons. The van der Waals surface area contributed by atoms with Crippen molar-refractivity contribution in [3.8, 4) is 23.3 Å². The van der Waals surface area contributed by atoms with Crippen LogP contribution in [0.5, 0.6) is 17.2 Å². The maximum absolute atomic E-state index is 12.6. The van der Waals surface area contributed by atoms with Gasteiger partial charge in [0, 0.05) is 5.69 Å². The highest BCUT2D eigenvalue weighted by molar-refractivity contribution is 6.10. The van der Waals surface area contributed by atoms with Crippen LogP contribution in [-0.4, -0.2) is 26.2 Å². The monoisotopic (exact) mass is 364 g/mol. The van der Waals surface area contributed by atoms with Crippen LogP contribution in [0, 0.1) is 25.2 Å². The van der Waals surface area contributed by atoms with Crippen LogP contribution in [0.4, 0.5) is 5.69 Å². The van der Waals surface area contributed by atoms with E-state index < -0.39 is 5.91 Å². The predicted octanol–water partition coefficient (Wildman–Crippen LogP) is 3.63. The summed E-state index contributed by atoms with van der Waals surface area (Å²) in [5.41, 5.74) is 3.30. The maximum atomic E-state index is 12.6. The molecule has 1 aliphatic rings. The van der Waals surface area contributed by atoms with Crippen molar-refractivity contribution in [1.82, 2.24) is 0 Å². The molecule has 0 saturated heterocycles. The Balaban J connectivity index is 1.91. The Kier molecular flexibility index (Phi) is 5.32. The van der Waals surface area contributed by atoms with E-state index in [-0.39, 0.29) is 5.57 Å². The second-order valence-electron chi connectivity index (χ2n) is 6.12. The van der Waals surface area contributed by atoms with Crippen LogP contribution in [0.2, 0.25) is 0 Å². The fourth-order valence-corrected chi connectivity index (χ4v) is 2.77. The molecule has 1 aliphatic heterocycles. The minimum Gasteiger partial charge on any atom is -0.493 e. The average molecular weight is 364 g/mol. The highest BCUT2D eigenvalue weighted by Crippen LogP contribution is 2.40. The van der Waals surface area contributed by atoms with Gasteiger partial charge in [0.1, 0.15) is 24.9 Å². The van der Waals surface area contributed by atoms with E-state index in [1.807, 2.05) is 38.1 Å². The smallest absolute Gasteiger partial charge is 0.266 e. The SMILES string of the molecule is COc1cc(/C=C(\C#N)C(=O)Nc2cccc(C)c2C)cc2c1OCCO2. The second kappa shape index (κ2) is 7.83. The molecule has 0 bridgehead atoms. The third-order valence-electron chi connectivity index (χ3n) is 4.38. The number of fused-ring (bicyclic) bond motifs is 1. The zero-order chi connectivity index (χ0) is 19.4. The van der Waals surface area contributed by atoms with Crippen LogP contribution in [0.15, 0.2) is 35.9 Å². The zero-order valence-electron chi connectivity index (χ0n) is 15.5. The van der Waals surface area contributed by atoms with Gasteiger partial charge in [0.25, 0.3) is 5.91 Å². The first-order valence-corrected chi connectivity index (χ1v) is 8.50. The Hall–Kier alpha value is -3.46. The molecule has 1 amide bonds. The summed E-state index contributed by atoms with van der Waals surface area (Å²) in [4.78, 5) is 12.6. The molecule has 0 aliphatic carbocycles. The summed E-state index contributed by atoms with van der Waals surface area (Å²) in [6.45, 7) is 4.77. The molecule has 0 saturated carbocycles. The van der Waals surface area contributed by atoms with Crippen molar-refractivity contribution in [2.45, 2.75) is 13.8 Å². The van der Waals surface area contributed by atoms with Crippen molar-refractivity contribution in [2.24, 2.45) is 0 Å². The van der Waals surface area contributed by atoms with Gasteiger partial charge < -0.3 is 19.5 Å². The topological polar surface area (TPSA) is 80.6 Å². The quantitative estimate of drug-likeness (QED) is 0.662. The van der Waals surface area contributed by atoms with Gasteiger partial charge in [0.05, 0.1) is 7.11 Å². The van der Waals surface area contributed by atoms with Crippen LogP contribution < -0.4 is 19.5 Å². The molecular formula is C21H20N2O4. The summed E-state index contributed by atoms with van der Waals surface area (Å²) in [7, 11) is 1.53. The molecule has 6 nitrogen and oxygen atoms in total. The van der Waals surface area contributed by atoms with Crippen LogP contribution >= 0.6 is 0 Å². The van der Waals surface area contributed by atoms with E-state index in [1.165, 1.54) is 13.2 Å². The minimum absolute atomic E-state index is 0.0189. The molecule has 3 rings (SSSR count). The molecular weight excluding hydrogens is 344 g/mol. The number of anilines is 1. The van der Waals surface area contributed by atoms with Crippen LogP contribution in [0.1, 0.15) is 16.7 Å². The Morgan fingerprint density at radius 2 is 2.04 bits per heavy atom. The zero-order valence-corrected chi connectivity index (χ0v) is 15.5. The number of carbonyl (C=O) groups excluding carboxylic acids is 1. The van der Waals surface area contributed by atoms with Crippen molar-refractivity contribution < 1.29 is 19.0 Å². The highest BCUT2D eigenvalue weighted by atomic mass is 16.6. The largest absolute Gasteiger partial charge is 0.493 e. The normalized spacial score (nSPS) is 12.9. The maximum Gasteiger partial charge on any atom is 0.266 e. The van der Waals surface area contributed by atoms with Crippen molar-refractivity contribution in [3.05, 3.63) is 52.6 Å². The van der Waals surface area contributed by atoms with Gasteiger partial charge in [0.15, 0.2) is 11.5 Å². The van der Waals surface area contributed by atoms with Gasteiger partial charge in [-0.05, 0) is 54.8 Å². The van der Waals surface area contributed by atoms with Gasteiger partial charge in [-0.3, -0.25) is 4.79 Å². The van der Waals surface area contributed by atoms with Crippen LogP contribution in [0.3, 0.4) is 0 Å². The Labute approximate surface area is 158 Å². The first kappa shape index (κ1) is 18.3. The lowest BCUT2D eigenvalue weighted by molar-refractivity contribution is -0.112. The van der Waals surface area contributed by atoms with E-state index in [9.17, 15) is 10.1 Å². The number of carbonyl (C=O) groups is 1. The molecule has 138 valence electrons. The molecule has 0 fully saturated rings. The standard InChI is InChI=1S/C21H20N2O4/c1-13-5-4-6-17(14(13)2)23-21(24)16(12-22)9-15-10-18(25-3)20-19(11-15)26-7-8-27-20/h4-6,9-11H,7-8H2,1-3H3,(H,23,24)/b16-9+. The van der Waals surface area contributed by atoms with Crippen molar-refractivity contribution in [3.63, 3.8) is 0 Å². The van der Waals surface area contributed by atoms with E-state index in [0.717, 1.165) is 11.1 Å². The van der Waals surface area contributed by atoms with Gasteiger partial charge in [0.2, 0.25) is 5.75 Å². The fraction of sp³-hybridized carbons (Fsp3) is 0.238. The molecule has 0 aromatic heterocycles. The van der Waals surface area contributed by atoms with Gasteiger partial charge >= 0.3 is 0 Å². The summed E-state index contributed by atoms with van der Waals surface area (Å²) >= 11 is 0. The molecule has 2 aromatic carbocycles. The van der Waals surface area contributed by atoms with E-state index in [0.29, 0.717) is 41.7 Å². The first-order valence-electron chi connectivity index (χ1n) is 8.50. The molecule has 0 atom stereocenters. The lowest BCUT2D eigenvalue weighted by atomic mass is 10.1. The van der Waals surface area contributed by atoms with E-state index in [1.54, 1.807) is 12.1 Å². The molecule has 1 N–H and O–H groups in total. The fourth-order valence-electron chi connectivity index (χ4n) is 2.77. The van der Waals surface area contributed by atoms with E-state index in [4.69, 9.17) is 14.2 Å². The summed E-state index contributed by atoms with van der Waals surface area (Å²) < 4.78 is 16.5. The summed E-state index contributed by atoms with van der Waals surface area (Å²) in [5, 5.41) is 12.3. The van der Waals surface area contributed by atoms with Crippen LogP contribution in [0.25, 0.3) is 6.08 Å². The lowest BCUT2D eigenvalue weighted by Crippen LogP contribution is -2.16. The number of hydrogen-bond acceptors (Lipinski definition) is 5. The third kappa shape index (κ3) is 3.87. The number of rotatable bonds is 4. The number of aryl methyl sites for hydroxylation is 1. The molecule has 0 spiro atoms. The average Bonchev–Trinajstić information content (AvgIpc) is 2.68. The van der Waals surface area contributed by atoms with Gasteiger partial charge in [-0.15, -0.1) is 0 Å². The van der Waals surface area contributed by atoms with E-state index >= 15 is 0 Å². The number of methoxy groups -OCH3 is 1. The molecule has 27 heavy (non-hydrogen) atoms. The highest BCUT2D eigenvalue weighted by Gasteiger charge is 2.19. The van der Waals surface area contributed by atoms with Gasteiger partial charge in [-0.1, -0.05) is 12.1 Å². The third-order valence-corrected chi connectivity index (χ3v) is 4.38. The molecule has 1 heterocycles. The van der Waals surface area contributed by atoms with Gasteiger partial charge in [-0.2, -0.15) is 5.26 Å². The van der Waals surface area contributed by atoms with Crippen molar-refractivity contribution in [1.29, 1.82) is 5.26 Å². The Bertz CT molecular complexity index is 940. The number of nitriles is 1. The summed E-state index contributed by atoms with van der Waals surface area (Å²) in [6.07, 6.45) is 1.50. The van der Waals surface area contributed by atoms with Crippen molar-refractivity contribution >= 4 is 17.7 Å². The molecule has 0 unspecified atom stereocenters.